The fourth-order valence-corrected chi connectivity index (χ4v) is 2.82. The van der Waals surface area contributed by atoms with E-state index >= 15 is 0 Å². The van der Waals surface area contributed by atoms with Gasteiger partial charge < -0.3 is 0 Å². The van der Waals surface area contributed by atoms with Crippen LogP contribution in [0.4, 0.5) is 4.39 Å². The van der Waals surface area contributed by atoms with Gasteiger partial charge in [-0.3, -0.25) is 0 Å². The van der Waals surface area contributed by atoms with Crippen LogP contribution in [0.2, 0.25) is 5.02 Å². The summed E-state index contributed by atoms with van der Waals surface area (Å²) in [5.74, 6) is -0.459. The van der Waals surface area contributed by atoms with Crippen molar-refractivity contribution in [2.24, 2.45) is 0 Å². The van der Waals surface area contributed by atoms with Gasteiger partial charge in [-0.05, 0) is 36.1 Å². The summed E-state index contributed by atoms with van der Waals surface area (Å²) in [6.45, 7) is 2.20. The molecule has 22 heavy (non-hydrogen) atoms. The van der Waals surface area contributed by atoms with Gasteiger partial charge >= 0.3 is 0 Å². The number of halogens is 2. The van der Waals surface area contributed by atoms with Crippen molar-refractivity contribution in [1.82, 2.24) is 0 Å². The SMILES string of the molecule is CCCCCCc1ccc(-c2c(F)cc(C#N)cc2Cl)cc1. The summed E-state index contributed by atoms with van der Waals surface area (Å²) >= 11 is 6.12. The lowest BCUT2D eigenvalue weighted by Crippen LogP contribution is -1.90. The number of hydrogen-bond donors (Lipinski definition) is 0. The summed E-state index contributed by atoms with van der Waals surface area (Å²) in [6, 6.07) is 12.5. The lowest BCUT2D eigenvalue weighted by atomic mass is 10.00. The standard InChI is InChI=1S/C19H19ClFN/c1-2-3-4-5-6-14-7-9-16(10-8-14)19-17(20)11-15(13-22)12-18(19)21/h7-12H,2-6H2,1H3. The molecule has 0 aliphatic heterocycles. The third-order valence-corrected chi connectivity index (χ3v) is 4.03. The Bertz CT molecular complexity index is 648. The average molecular weight is 316 g/mol. The topological polar surface area (TPSA) is 23.8 Å². The fourth-order valence-electron chi connectivity index (χ4n) is 2.51. The average Bonchev–Trinajstić information content (AvgIpc) is 2.52. The third-order valence-electron chi connectivity index (χ3n) is 3.73. The molecule has 0 heterocycles. The molecule has 114 valence electrons. The highest BCUT2D eigenvalue weighted by Gasteiger charge is 2.12. The van der Waals surface area contributed by atoms with E-state index in [0.29, 0.717) is 5.56 Å². The summed E-state index contributed by atoms with van der Waals surface area (Å²) in [5.41, 5.74) is 2.59. The monoisotopic (exact) mass is 315 g/mol. The Balaban J connectivity index is 2.16. The number of benzene rings is 2. The minimum absolute atomic E-state index is 0.235. The predicted octanol–water partition coefficient (Wildman–Crippen LogP) is 6.14. The molecule has 0 fully saturated rings. The second kappa shape index (κ2) is 7.96. The number of unbranched alkanes of at least 4 members (excludes halogenated alkanes) is 3. The molecular formula is C19H19ClFN. The van der Waals surface area contributed by atoms with Crippen molar-refractivity contribution in [3.63, 3.8) is 0 Å². The Kier molecular flexibility index (Phi) is 5.98. The molecule has 2 aromatic rings. The molecule has 0 N–H and O–H groups in total. The van der Waals surface area contributed by atoms with Crippen LogP contribution in [0.3, 0.4) is 0 Å². The Labute approximate surface area is 136 Å². The van der Waals surface area contributed by atoms with Gasteiger partial charge in [0.05, 0.1) is 16.7 Å². The summed E-state index contributed by atoms with van der Waals surface area (Å²) in [7, 11) is 0. The number of rotatable bonds is 6. The first-order valence-electron chi connectivity index (χ1n) is 7.64. The Morgan fingerprint density at radius 2 is 1.82 bits per heavy atom. The van der Waals surface area contributed by atoms with Gasteiger partial charge in [0.15, 0.2) is 0 Å². The molecule has 2 aromatic carbocycles. The maximum Gasteiger partial charge on any atom is 0.133 e. The van der Waals surface area contributed by atoms with Crippen LogP contribution in [0.25, 0.3) is 11.1 Å². The van der Waals surface area contributed by atoms with Gasteiger partial charge in [-0.2, -0.15) is 5.26 Å². The number of hydrogen-bond acceptors (Lipinski definition) is 1. The minimum atomic E-state index is -0.459. The van der Waals surface area contributed by atoms with E-state index in [1.165, 1.54) is 43.4 Å². The van der Waals surface area contributed by atoms with Gasteiger partial charge in [0.1, 0.15) is 5.82 Å². The molecule has 0 atom stereocenters. The smallest absolute Gasteiger partial charge is 0.133 e. The number of nitriles is 1. The Hall–Kier alpha value is -1.85. The van der Waals surface area contributed by atoms with E-state index in [0.717, 1.165) is 12.0 Å². The van der Waals surface area contributed by atoms with Crippen LogP contribution < -0.4 is 0 Å². The molecule has 0 aromatic heterocycles. The lowest BCUT2D eigenvalue weighted by Gasteiger charge is -2.08. The largest absolute Gasteiger partial charge is 0.206 e. The van der Waals surface area contributed by atoms with Crippen molar-refractivity contribution < 1.29 is 4.39 Å². The molecule has 0 aliphatic rings. The third kappa shape index (κ3) is 4.08. The number of aryl methyl sites for hydroxylation is 1. The second-order valence-corrected chi connectivity index (χ2v) is 5.84. The van der Waals surface area contributed by atoms with Crippen molar-refractivity contribution in [2.45, 2.75) is 39.0 Å². The van der Waals surface area contributed by atoms with Crippen LogP contribution in [0.15, 0.2) is 36.4 Å². The summed E-state index contributed by atoms with van der Waals surface area (Å²) in [5, 5.41) is 9.10. The van der Waals surface area contributed by atoms with Crippen LogP contribution in [0, 0.1) is 17.1 Å². The zero-order valence-corrected chi connectivity index (χ0v) is 13.5. The summed E-state index contributed by atoms with van der Waals surface area (Å²) in [6.07, 6.45) is 5.97. The van der Waals surface area contributed by atoms with E-state index in [4.69, 9.17) is 16.9 Å². The lowest BCUT2D eigenvalue weighted by molar-refractivity contribution is 0.631. The van der Waals surface area contributed by atoms with Crippen LogP contribution in [-0.2, 0) is 6.42 Å². The second-order valence-electron chi connectivity index (χ2n) is 5.43. The Morgan fingerprint density at radius 3 is 2.41 bits per heavy atom. The highest BCUT2D eigenvalue weighted by Crippen LogP contribution is 2.32. The van der Waals surface area contributed by atoms with Crippen molar-refractivity contribution >= 4 is 11.6 Å². The van der Waals surface area contributed by atoms with Crippen LogP contribution in [0.5, 0.6) is 0 Å². The van der Waals surface area contributed by atoms with E-state index in [-0.39, 0.29) is 10.6 Å². The first-order valence-corrected chi connectivity index (χ1v) is 8.02. The predicted molar refractivity (Wildman–Crippen MR) is 89.4 cm³/mol. The molecular weight excluding hydrogens is 297 g/mol. The molecule has 0 saturated carbocycles. The molecule has 0 radical (unpaired) electrons. The van der Waals surface area contributed by atoms with Crippen molar-refractivity contribution in [3.05, 3.63) is 58.4 Å². The van der Waals surface area contributed by atoms with Crippen LogP contribution in [0.1, 0.15) is 43.7 Å². The molecule has 0 bridgehead atoms. The van der Waals surface area contributed by atoms with Gasteiger partial charge in [0.2, 0.25) is 0 Å². The molecule has 0 amide bonds. The normalized spacial score (nSPS) is 10.5. The van der Waals surface area contributed by atoms with E-state index in [1.54, 1.807) is 0 Å². The zero-order chi connectivity index (χ0) is 15.9. The first kappa shape index (κ1) is 16.5. The number of nitrogens with zero attached hydrogens (tertiary/aromatic N) is 1. The molecule has 0 aliphatic carbocycles. The van der Waals surface area contributed by atoms with Gasteiger partial charge in [-0.15, -0.1) is 0 Å². The highest BCUT2D eigenvalue weighted by atomic mass is 35.5. The summed E-state index contributed by atoms with van der Waals surface area (Å²) in [4.78, 5) is 0. The summed E-state index contributed by atoms with van der Waals surface area (Å²) < 4.78 is 14.1. The molecule has 3 heteroatoms. The van der Waals surface area contributed by atoms with E-state index in [1.807, 2.05) is 30.3 Å². The maximum absolute atomic E-state index is 14.1. The van der Waals surface area contributed by atoms with Gasteiger partial charge in [-0.25, -0.2) is 4.39 Å². The molecule has 1 nitrogen and oxygen atoms in total. The quantitative estimate of drug-likeness (QED) is 0.587. The fraction of sp³-hybridized carbons (Fsp3) is 0.316. The van der Waals surface area contributed by atoms with E-state index in [2.05, 4.69) is 6.92 Å². The molecule has 2 rings (SSSR count). The first-order chi connectivity index (χ1) is 10.7. The maximum atomic E-state index is 14.1. The molecule has 0 saturated heterocycles. The Morgan fingerprint density at radius 1 is 1.09 bits per heavy atom. The van der Waals surface area contributed by atoms with Crippen molar-refractivity contribution in [1.29, 1.82) is 5.26 Å². The van der Waals surface area contributed by atoms with Crippen LogP contribution in [-0.4, -0.2) is 0 Å². The molecule has 0 unspecified atom stereocenters. The van der Waals surface area contributed by atoms with Crippen molar-refractivity contribution in [2.75, 3.05) is 0 Å². The van der Waals surface area contributed by atoms with E-state index < -0.39 is 5.82 Å². The van der Waals surface area contributed by atoms with E-state index in [9.17, 15) is 4.39 Å². The van der Waals surface area contributed by atoms with Gasteiger partial charge in [0, 0.05) is 5.56 Å². The van der Waals surface area contributed by atoms with Gasteiger partial charge in [0.25, 0.3) is 0 Å². The van der Waals surface area contributed by atoms with Crippen molar-refractivity contribution in [3.8, 4) is 17.2 Å². The zero-order valence-electron chi connectivity index (χ0n) is 12.7. The van der Waals surface area contributed by atoms with Crippen LogP contribution >= 0.6 is 11.6 Å². The molecule has 0 spiro atoms. The van der Waals surface area contributed by atoms with Gasteiger partial charge in [-0.1, -0.05) is 62.1 Å². The highest BCUT2D eigenvalue weighted by molar-refractivity contribution is 6.33. The minimum Gasteiger partial charge on any atom is -0.206 e.